The van der Waals surface area contributed by atoms with E-state index in [4.69, 9.17) is 4.74 Å². The third-order valence-electron chi connectivity index (χ3n) is 5.03. The van der Waals surface area contributed by atoms with E-state index < -0.39 is 16.1 Å². The molecule has 3 rings (SSSR count). The fourth-order valence-corrected chi connectivity index (χ4v) is 4.27. The van der Waals surface area contributed by atoms with Crippen LogP contribution >= 0.6 is 0 Å². The first-order valence-electron chi connectivity index (χ1n) is 10.9. The lowest BCUT2D eigenvalue weighted by atomic mass is 10.2. The number of hydrogen-bond donors (Lipinski definition) is 2. The number of unbranched alkanes of at least 4 members (excludes halogenated alkanes) is 1. The highest BCUT2D eigenvalue weighted by Crippen LogP contribution is 2.28. The predicted octanol–water partition coefficient (Wildman–Crippen LogP) is 2.40. The predicted molar refractivity (Wildman–Crippen MR) is 130 cm³/mol. The van der Waals surface area contributed by atoms with E-state index in [9.17, 15) is 18.0 Å². The maximum atomic E-state index is 12.3. The van der Waals surface area contributed by atoms with Crippen molar-refractivity contribution in [2.45, 2.75) is 33.6 Å². The van der Waals surface area contributed by atoms with Crippen molar-refractivity contribution in [2.75, 3.05) is 13.2 Å². The Balaban J connectivity index is 1.90. The Kier molecular flexibility index (Phi) is 7.90. The highest BCUT2D eigenvalue weighted by molar-refractivity contribution is 7.88. The zero-order valence-electron chi connectivity index (χ0n) is 19.7. The average Bonchev–Trinajstić information content (AvgIpc) is 3.29. The standard InChI is InChI=1S/C23H29N5O5S/c1-5-6-12-24-34(31,32)26-22(30)10-9-20-17(3)25-27(4)23(20)28-13-11-18-7-8-19(14-21(18)28)33-15-16(2)29/h7-11,13-14,24H,5-6,12,15H2,1-4H3,(H,26,30)/b10-9+. The number of carbonyl (C=O) groups excluding carboxylic acids is 2. The minimum Gasteiger partial charge on any atom is -0.486 e. The van der Waals surface area contributed by atoms with E-state index in [0.29, 0.717) is 29.2 Å². The van der Waals surface area contributed by atoms with Crippen molar-refractivity contribution in [2.24, 2.45) is 7.05 Å². The molecule has 3 aromatic rings. The van der Waals surface area contributed by atoms with Gasteiger partial charge in [0.2, 0.25) is 0 Å². The molecule has 2 aromatic heterocycles. The molecule has 0 aliphatic rings. The van der Waals surface area contributed by atoms with E-state index in [0.717, 1.165) is 17.3 Å². The fourth-order valence-electron chi connectivity index (χ4n) is 3.46. The number of aromatic nitrogens is 3. The number of nitrogens with zero attached hydrogens (tertiary/aromatic N) is 3. The van der Waals surface area contributed by atoms with Gasteiger partial charge in [-0.1, -0.05) is 13.3 Å². The van der Waals surface area contributed by atoms with Crippen LogP contribution in [0.1, 0.15) is 37.9 Å². The molecule has 0 fully saturated rings. The number of benzene rings is 1. The number of ether oxygens (including phenoxy) is 1. The third kappa shape index (κ3) is 6.12. The Morgan fingerprint density at radius 1 is 1.24 bits per heavy atom. The van der Waals surface area contributed by atoms with Crippen molar-refractivity contribution in [1.29, 1.82) is 0 Å². The van der Waals surface area contributed by atoms with Crippen LogP contribution in [0.2, 0.25) is 0 Å². The largest absolute Gasteiger partial charge is 0.486 e. The quantitative estimate of drug-likeness (QED) is 0.316. The summed E-state index contributed by atoms with van der Waals surface area (Å²) >= 11 is 0. The topological polar surface area (TPSA) is 124 Å². The van der Waals surface area contributed by atoms with E-state index in [1.54, 1.807) is 24.7 Å². The molecule has 0 saturated heterocycles. The van der Waals surface area contributed by atoms with Crippen LogP contribution in [0.4, 0.5) is 0 Å². The number of carbonyl (C=O) groups is 2. The molecule has 0 bridgehead atoms. The molecule has 10 nitrogen and oxygen atoms in total. The summed E-state index contributed by atoms with van der Waals surface area (Å²) < 4.78 is 37.4. The van der Waals surface area contributed by atoms with Crippen molar-refractivity contribution in [1.82, 2.24) is 23.8 Å². The summed E-state index contributed by atoms with van der Waals surface area (Å²) in [5.41, 5.74) is 2.14. The van der Waals surface area contributed by atoms with E-state index in [1.807, 2.05) is 40.6 Å². The molecule has 0 spiro atoms. The van der Waals surface area contributed by atoms with Crippen LogP contribution < -0.4 is 14.2 Å². The summed E-state index contributed by atoms with van der Waals surface area (Å²) in [6, 6.07) is 7.45. The Bertz CT molecular complexity index is 1340. The van der Waals surface area contributed by atoms with Gasteiger partial charge in [0.1, 0.15) is 18.2 Å². The molecule has 0 atom stereocenters. The summed E-state index contributed by atoms with van der Waals surface area (Å²) in [6.07, 6.45) is 6.08. The molecular weight excluding hydrogens is 458 g/mol. The fraction of sp³-hybridized carbons (Fsp3) is 0.348. The normalized spacial score (nSPS) is 11.9. The maximum absolute atomic E-state index is 12.3. The van der Waals surface area contributed by atoms with Crippen LogP contribution in [0.15, 0.2) is 36.5 Å². The Morgan fingerprint density at radius 2 is 2.00 bits per heavy atom. The SMILES string of the molecule is CCCCNS(=O)(=O)NC(=O)/C=C/c1c(C)nn(C)c1-n1ccc2ccc(OCC(C)=O)cc21. The molecule has 182 valence electrons. The summed E-state index contributed by atoms with van der Waals surface area (Å²) in [5.74, 6) is 0.393. The van der Waals surface area contributed by atoms with Crippen LogP contribution in [-0.4, -0.2) is 47.6 Å². The van der Waals surface area contributed by atoms with E-state index in [2.05, 4.69) is 9.82 Å². The first kappa shape index (κ1) is 25.2. The average molecular weight is 488 g/mol. The molecule has 0 unspecified atom stereocenters. The van der Waals surface area contributed by atoms with Gasteiger partial charge in [-0.25, -0.2) is 4.72 Å². The molecule has 1 aromatic carbocycles. The lowest BCUT2D eigenvalue weighted by Gasteiger charge is -2.10. The first-order chi connectivity index (χ1) is 16.1. The lowest BCUT2D eigenvalue weighted by Crippen LogP contribution is -2.39. The van der Waals surface area contributed by atoms with Crippen molar-refractivity contribution in [3.8, 4) is 11.6 Å². The molecule has 11 heteroatoms. The van der Waals surface area contributed by atoms with Crippen LogP contribution in [0.3, 0.4) is 0 Å². The summed E-state index contributed by atoms with van der Waals surface area (Å²) in [5, 5.41) is 5.41. The van der Waals surface area contributed by atoms with Gasteiger partial charge in [-0.3, -0.25) is 14.3 Å². The highest BCUT2D eigenvalue weighted by atomic mass is 32.2. The number of rotatable bonds is 11. The van der Waals surface area contributed by atoms with Gasteiger partial charge in [-0.2, -0.15) is 18.2 Å². The number of hydrogen-bond acceptors (Lipinski definition) is 6. The molecule has 2 heterocycles. The van der Waals surface area contributed by atoms with E-state index in [-0.39, 0.29) is 18.9 Å². The number of amides is 1. The summed E-state index contributed by atoms with van der Waals surface area (Å²) in [6.45, 7) is 5.44. The van der Waals surface area contributed by atoms with Gasteiger partial charge in [0.05, 0.1) is 11.2 Å². The summed E-state index contributed by atoms with van der Waals surface area (Å²) in [4.78, 5) is 23.5. The molecule has 1 amide bonds. The second-order valence-electron chi connectivity index (χ2n) is 7.89. The second kappa shape index (κ2) is 10.7. The summed E-state index contributed by atoms with van der Waals surface area (Å²) in [7, 11) is -2.14. The van der Waals surface area contributed by atoms with Gasteiger partial charge in [0.15, 0.2) is 5.78 Å². The smallest absolute Gasteiger partial charge is 0.301 e. The molecule has 0 aliphatic heterocycles. The Labute approximate surface area is 198 Å². The van der Waals surface area contributed by atoms with Crippen molar-refractivity contribution >= 4 is 38.9 Å². The molecule has 2 N–H and O–H groups in total. The van der Waals surface area contributed by atoms with Crippen molar-refractivity contribution in [3.63, 3.8) is 0 Å². The van der Waals surface area contributed by atoms with Gasteiger partial charge >= 0.3 is 10.2 Å². The number of fused-ring (bicyclic) bond motifs is 1. The first-order valence-corrected chi connectivity index (χ1v) is 12.4. The van der Waals surface area contributed by atoms with Crippen LogP contribution in [-0.2, 0) is 26.8 Å². The van der Waals surface area contributed by atoms with Crippen LogP contribution in [0, 0.1) is 6.92 Å². The van der Waals surface area contributed by atoms with Gasteiger partial charge < -0.3 is 9.30 Å². The van der Waals surface area contributed by atoms with Crippen molar-refractivity contribution in [3.05, 3.63) is 47.8 Å². The zero-order valence-corrected chi connectivity index (χ0v) is 20.5. The van der Waals surface area contributed by atoms with Gasteiger partial charge in [0, 0.05) is 42.9 Å². The van der Waals surface area contributed by atoms with E-state index >= 15 is 0 Å². The number of ketones is 1. The molecule has 0 aliphatic carbocycles. The van der Waals surface area contributed by atoms with Crippen molar-refractivity contribution < 1.29 is 22.7 Å². The minimum absolute atomic E-state index is 0.0175. The molecular formula is C23H29N5O5S. The van der Waals surface area contributed by atoms with Gasteiger partial charge in [0.25, 0.3) is 5.91 Å². The highest BCUT2D eigenvalue weighted by Gasteiger charge is 2.17. The third-order valence-corrected chi connectivity index (χ3v) is 6.08. The van der Waals surface area contributed by atoms with E-state index in [1.165, 1.54) is 19.1 Å². The molecule has 0 saturated carbocycles. The zero-order chi connectivity index (χ0) is 24.9. The van der Waals surface area contributed by atoms with Gasteiger partial charge in [-0.05, 0) is 44.5 Å². The Hall–Kier alpha value is -3.44. The monoisotopic (exact) mass is 487 g/mol. The minimum atomic E-state index is -3.93. The molecule has 34 heavy (non-hydrogen) atoms. The number of aryl methyl sites for hydroxylation is 2. The second-order valence-corrected chi connectivity index (χ2v) is 9.39. The van der Waals surface area contributed by atoms with Crippen LogP contribution in [0.5, 0.6) is 5.75 Å². The Morgan fingerprint density at radius 3 is 2.71 bits per heavy atom. The molecule has 0 radical (unpaired) electrons. The van der Waals surface area contributed by atoms with Gasteiger partial charge in [-0.15, -0.1) is 0 Å². The number of nitrogens with one attached hydrogen (secondary N) is 2. The maximum Gasteiger partial charge on any atom is 0.301 e. The van der Waals surface area contributed by atoms with Crippen LogP contribution in [0.25, 0.3) is 22.8 Å². The lowest BCUT2D eigenvalue weighted by molar-refractivity contribution is -0.119. The number of Topliss-reactive ketones (excluding diaryl/α,β-unsaturated/α-hetero) is 1.